The minimum atomic E-state index is -5.15. The molecule has 1 aromatic carbocycles. The van der Waals surface area contributed by atoms with E-state index in [1.54, 1.807) is 0 Å². The molecule has 1 heterocycles. The molecular weight excluding hydrogens is 387 g/mol. The summed E-state index contributed by atoms with van der Waals surface area (Å²) < 4.78 is 72.8. The van der Waals surface area contributed by atoms with E-state index in [1.807, 2.05) is 0 Å². The molecule has 0 unspecified atom stereocenters. The van der Waals surface area contributed by atoms with Gasteiger partial charge in [0.15, 0.2) is 11.3 Å². The molecule has 0 fully saturated rings. The van der Waals surface area contributed by atoms with Crippen LogP contribution in [0.25, 0.3) is 11.0 Å². The zero-order valence-corrected chi connectivity index (χ0v) is 11.8. The average molecular weight is 394 g/mol. The Balaban J connectivity index is 0.00000264. The van der Waals surface area contributed by atoms with E-state index in [1.165, 1.54) is 0 Å². The Morgan fingerprint density at radius 1 is 1.00 bits per heavy atom. The third-order valence-electron chi connectivity index (χ3n) is 2.19. The molecule has 14 heteroatoms. The molecule has 122 valence electrons. The van der Waals surface area contributed by atoms with Crippen molar-refractivity contribution < 1.29 is 43.8 Å². The van der Waals surface area contributed by atoms with Gasteiger partial charge < -0.3 is 17.9 Å². The number of phenolic OH excluding ortho intramolecular Hbond substituents is 1. The number of rotatable bonds is 4. The van der Waals surface area contributed by atoms with Crippen molar-refractivity contribution in [2.45, 2.75) is 0 Å². The molecule has 0 radical (unpaired) electrons. The van der Waals surface area contributed by atoms with Crippen molar-refractivity contribution in [2.24, 2.45) is 0 Å². The maximum atomic E-state index is 11.1. The van der Waals surface area contributed by atoms with Crippen LogP contribution in [0, 0.1) is 0 Å². The SMILES string of the molecule is O=c1ccc2cc(OS(=O)(=O)O)c(O)c(OS(=O)(=O)O)c2o1.[KH]. The van der Waals surface area contributed by atoms with E-state index < -0.39 is 49.3 Å². The molecule has 2 aromatic rings. The van der Waals surface area contributed by atoms with Gasteiger partial charge in [0, 0.05) is 11.5 Å². The van der Waals surface area contributed by atoms with E-state index in [0.29, 0.717) is 0 Å². The molecule has 0 aliphatic rings. The predicted octanol–water partition coefficient (Wildman–Crippen LogP) is -0.787. The summed E-state index contributed by atoms with van der Waals surface area (Å²) in [5, 5.41) is 9.61. The Bertz CT molecular complexity index is 1010. The van der Waals surface area contributed by atoms with Crippen LogP contribution >= 0.6 is 0 Å². The topological polar surface area (TPSA) is 178 Å². The molecule has 0 atom stereocenters. The molecule has 0 saturated heterocycles. The molecule has 11 nitrogen and oxygen atoms in total. The zero-order valence-electron chi connectivity index (χ0n) is 10.2. The number of phenols is 1. The van der Waals surface area contributed by atoms with Crippen molar-refractivity contribution in [3.8, 4) is 17.2 Å². The van der Waals surface area contributed by atoms with Crippen LogP contribution in [0.4, 0.5) is 0 Å². The van der Waals surface area contributed by atoms with E-state index in [4.69, 9.17) is 9.11 Å². The number of hydrogen-bond acceptors (Lipinski definition) is 9. The average Bonchev–Trinajstić information content (AvgIpc) is 2.32. The van der Waals surface area contributed by atoms with Crippen LogP contribution in [0.5, 0.6) is 17.2 Å². The van der Waals surface area contributed by atoms with Crippen LogP contribution in [-0.2, 0) is 20.8 Å². The first-order chi connectivity index (χ1) is 9.96. The minimum absolute atomic E-state index is 0. The summed E-state index contributed by atoms with van der Waals surface area (Å²) in [5.41, 5.74) is -1.55. The first kappa shape index (κ1) is 20.3. The molecule has 23 heavy (non-hydrogen) atoms. The fraction of sp³-hybridized carbons (Fsp3) is 0. The van der Waals surface area contributed by atoms with Crippen molar-refractivity contribution in [3.05, 3.63) is 28.6 Å². The van der Waals surface area contributed by atoms with Crippen LogP contribution in [0.3, 0.4) is 0 Å². The zero-order chi connectivity index (χ0) is 16.7. The third-order valence-corrected chi connectivity index (χ3v) is 2.96. The van der Waals surface area contributed by atoms with Crippen LogP contribution in [0.15, 0.2) is 27.4 Å². The van der Waals surface area contributed by atoms with Crippen molar-refractivity contribution in [3.63, 3.8) is 0 Å². The molecule has 0 bridgehead atoms. The van der Waals surface area contributed by atoms with Crippen LogP contribution in [0.2, 0.25) is 0 Å². The molecule has 0 aliphatic carbocycles. The predicted molar refractivity (Wildman–Crippen MR) is 75.7 cm³/mol. The first-order valence-corrected chi connectivity index (χ1v) is 7.83. The van der Waals surface area contributed by atoms with Gasteiger partial charge in [0.1, 0.15) is 0 Å². The number of aromatic hydroxyl groups is 1. The molecule has 0 aliphatic heterocycles. The van der Waals surface area contributed by atoms with E-state index in [-0.39, 0.29) is 56.8 Å². The molecule has 2 rings (SSSR count). The summed E-state index contributed by atoms with van der Waals surface area (Å²) in [5.74, 6) is -3.28. The van der Waals surface area contributed by atoms with Gasteiger partial charge in [0.25, 0.3) is 0 Å². The summed E-state index contributed by atoms with van der Waals surface area (Å²) in [6, 6.07) is 2.78. The second-order valence-corrected chi connectivity index (χ2v) is 5.79. The second-order valence-electron chi connectivity index (χ2n) is 3.75. The summed E-state index contributed by atoms with van der Waals surface area (Å²) >= 11 is 0. The van der Waals surface area contributed by atoms with Gasteiger partial charge in [-0.25, -0.2) is 4.79 Å². The maximum absolute atomic E-state index is 11.1. The molecule has 0 amide bonds. The number of fused-ring (bicyclic) bond motifs is 1. The summed E-state index contributed by atoms with van der Waals surface area (Å²) in [6.07, 6.45) is 0. The Kier molecular flexibility index (Phi) is 6.22. The van der Waals surface area contributed by atoms with Gasteiger partial charge in [-0.2, -0.15) is 16.8 Å². The second kappa shape index (κ2) is 7.04. The fourth-order valence-electron chi connectivity index (χ4n) is 1.51. The van der Waals surface area contributed by atoms with E-state index in [2.05, 4.69) is 12.8 Å². The van der Waals surface area contributed by atoms with Crippen LogP contribution < -0.4 is 14.0 Å². The molecular formula is C9H7KO11S2. The normalized spacial score (nSPS) is 11.7. The third kappa shape index (κ3) is 5.40. The van der Waals surface area contributed by atoms with Gasteiger partial charge in [-0.15, -0.1) is 0 Å². The fourth-order valence-corrected chi connectivity index (χ4v) is 2.23. The quantitative estimate of drug-likeness (QED) is 0.336. The monoisotopic (exact) mass is 394 g/mol. The molecule has 1 aromatic heterocycles. The summed E-state index contributed by atoms with van der Waals surface area (Å²) in [6.45, 7) is 0. The van der Waals surface area contributed by atoms with Crippen molar-refractivity contribution in [1.82, 2.24) is 0 Å². The first-order valence-electron chi connectivity index (χ1n) is 5.10. The number of benzene rings is 1. The van der Waals surface area contributed by atoms with Gasteiger partial charge in [-0.1, -0.05) is 0 Å². The van der Waals surface area contributed by atoms with Gasteiger partial charge >= 0.3 is 77.8 Å². The van der Waals surface area contributed by atoms with Gasteiger partial charge in [0.2, 0.25) is 11.5 Å². The van der Waals surface area contributed by atoms with Crippen LogP contribution in [0.1, 0.15) is 0 Å². The Morgan fingerprint density at radius 3 is 2.09 bits per heavy atom. The van der Waals surface area contributed by atoms with Crippen LogP contribution in [-0.4, -0.2) is 82.4 Å². The van der Waals surface area contributed by atoms with Gasteiger partial charge in [-0.3, -0.25) is 9.11 Å². The van der Waals surface area contributed by atoms with Crippen molar-refractivity contribution in [1.29, 1.82) is 0 Å². The summed E-state index contributed by atoms with van der Waals surface area (Å²) in [4.78, 5) is 11.1. The standard InChI is InChI=1S/C9H6O11S2.K.H/c10-6-2-1-4-3-5(19-21(12,13)14)7(11)9(8(4)18-6)20-22(15,16)17;;/h1-3,11H,(H,12,13,14)(H,15,16,17);;. The van der Waals surface area contributed by atoms with Gasteiger partial charge in [-0.05, 0) is 12.1 Å². The van der Waals surface area contributed by atoms with Crippen molar-refractivity contribution in [2.75, 3.05) is 0 Å². The summed E-state index contributed by atoms with van der Waals surface area (Å²) in [7, 11) is -10.2. The van der Waals surface area contributed by atoms with Gasteiger partial charge in [0.05, 0.1) is 0 Å². The Hall–Kier alpha value is -0.714. The Labute approximate surface area is 171 Å². The van der Waals surface area contributed by atoms with E-state index in [0.717, 1.165) is 18.2 Å². The van der Waals surface area contributed by atoms with Crippen molar-refractivity contribution >= 4 is 83.2 Å². The van der Waals surface area contributed by atoms with E-state index in [9.17, 15) is 26.7 Å². The molecule has 3 N–H and O–H groups in total. The molecule has 0 saturated carbocycles. The number of hydrogen-bond donors (Lipinski definition) is 3. The molecule has 0 spiro atoms. The van der Waals surface area contributed by atoms with E-state index >= 15 is 0 Å². The Morgan fingerprint density at radius 2 is 1.57 bits per heavy atom.